The van der Waals surface area contributed by atoms with Crippen LogP contribution in [0.15, 0.2) is 23.4 Å². The van der Waals surface area contributed by atoms with E-state index < -0.39 is 5.97 Å². The molecule has 1 aliphatic carbocycles. The summed E-state index contributed by atoms with van der Waals surface area (Å²) in [6.45, 7) is 2.23. The Kier molecular flexibility index (Phi) is 3.65. The normalized spacial score (nSPS) is 21.9. The maximum atomic E-state index is 10.8. The average Bonchev–Trinajstić information content (AvgIpc) is 2.69. The van der Waals surface area contributed by atoms with E-state index in [1.165, 1.54) is 11.8 Å². The van der Waals surface area contributed by atoms with Gasteiger partial charge in [-0.3, -0.25) is 4.79 Å². The molecule has 106 valence electrons. The number of aliphatic carboxylic acids is 1. The van der Waals surface area contributed by atoms with Crippen LogP contribution in [0.3, 0.4) is 0 Å². The lowest BCUT2D eigenvalue weighted by molar-refractivity contribution is -0.133. The molecule has 1 aromatic carbocycles. The lowest BCUT2D eigenvalue weighted by Gasteiger charge is -2.35. The summed E-state index contributed by atoms with van der Waals surface area (Å²) in [5.74, 6) is -0.0741. The molecule has 4 nitrogen and oxygen atoms in total. The van der Waals surface area contributed by atoms with E-state index in [0.717, 1.165) is 34.9 Å². The summed E-state index contributed by atoms with van der Waals surface area (Å²) in [6, 6.07) is 6.08. The number of hydrogen-bond acceptors (Lipinski definition) is 3. The molecule has 1 aliphatic rings. The summed E-state index contributed by atoms with van der Waals surface area (Å²) < 4.78 is 2.18. The fourth-order valence-corrected chi connectivity index (χ4v) is 3.67. The summed E-state index contributed by atoms with van der Waals surface area (Å²) in [5, 5.41) is 10.3. The van der Waals surface area contributed by atoms with Crippen LogP contribution in [-0.2, 0) is 4.79 Å². The topological polar surface area (TPSA) is 55.1 Å². The molecule has 1 N–H and O–H groups in total. The molecule has 20 heavy (non-hydrogen) atoms. The largest absolute Gasteiger partial charge is 0.481 e. The van der Waals surface area contributed by atoms with Gasteiger partial charge in [0.2, 0.25) is 0 Å². The highest BCUT2D eigenvalue weighted by molar-refractivity contribution is 7.99. The Morgan fingerprint density at radius 1 is 1.55 bits per heavy atom. The Labute approximate surface area is 126 Å². The van der Waals surface area contributed by atoms with Gasteiger partial charge in [-0.2, -0.15) is 0 Å². The van der Waals surface area contributed by atoms with E-state index in [1.54, 1.807) is 0 Å². The van der Waals surface area contributed by atoms with E-state index >= 15 is 0 Å². The van der Waals surface area contributed by atoms with Crippen LogP contribution in [0, 0.1) is 5.92 Å². The molecule has 1 aromatic heterocycles. The van der Waals surface area contributed by atoms with Crippen molar-refractivity contribution < 1.29 is 9.90 Å². The second kappa shape index (κ2) is 5.30. The predicted molar refractivity (Wildman–Crippen MR) is 80.5 cm³/mol. The number of carboxylic acid groups (broad SMARTS) is 1. The molecular weight excluding hydrogens is 296 g/mol. The highest BCUT2D eigenvalue weighted by Gasteiger charge is 2.30. The number of nitrogens with zero attached hydrogens (tertiary/aromatic N) is 2. The fraction of sp³-hybridized carbons (Fsp3) is 0.429. The predicted octanol–water partition coefficient (Wildman–Crippen LogP) is 3.84. The Balaban J connectivity index is 2.02. The summed E-state index contributed by atoms with van der Waals surface area (Å²) >= 11 is 7.28. The third kappa shape index (κ3) is 2.52. The van der Waals surface area contributed by atoms with E-state index in [9.17, 15) is 4.79 Å². The van der Waals surface area contributed by atoms with Crippen LogP contribution in [0.25, 0.3) is 11.0 Å². The molecule has 1 saturated carbocycles. The number of aromatic nitrogens is 2. The van der Waals surface area contributed by atoms with Crippen LogP contribution < -0.4 is 0 Å². The first kappa shape index (κ1) is 13.8. The van der Waals surface area contributed by atoms with E-state index in [0.29, 0.717) is 11.1 Å². The third-order valence-electron chi connectivity index (χ3n) is 3.66. The first-order valence-corrected chi connectivity index (χ1v) is 7.93. The number of fused-ring (bicyclic) bond motifs is 1. The van der Waals surface area contributed by atoms with Gasteiger partial charge < -0.3 is 9.67 Å². The van der Waals surface area contributed by atoms with Gasteiger partial charge >= 0.3 is 5.97 Å². The van der Waals surface area contributed by atoms with Crippen molar-refractivity contribution in [1.29, 1.82) is 0 Å². The van der Waals surface area contributed by atoms with Gasteiger partial charge in [-0.1, -0.05) is 30.3 Å². The van der Waals surface area contributed by atoms with Crippen molar-refractivity contribution in [3.8, 4) is 0 Å². The van der Waals surface area contributed by atoms with Gasteiger partial charge in [-0.15, -0.1) is 0 Å². The molecule has 0 aliphatic heterocycles. The van der Waals surface area contributed by atoms with Gasteiger partial charge in [0, 0.05) is 11.1 Å². The quantitative estimate of drug-likeness (QED) is 0.872. The molecular formula is C14H15ClN2O2S. The number of thioether (sulfide) groups is 1. The van der Waals surface area contributed by atoms with Gasteiger partial charge in [0.25, 0.3) is 0 Å². The number of rotatable bonds is 4. The zero-order valence-corrected chi connectivity index (χ0v) is 12.6. The number of benzene rings is 1. The van der Waals surface area contributed by atoms with Crippen LogP contribution >= 0.6 is 23.4 Å². The van der Waals surface area contributed by atoms with Crippen molar-refractivity contribution in [2.45, 2.75) is 31.0 Å². The van der Waals surface area contributed by atoms with Crippen molar-refractivity contribution in [1.82, 2.24) is 9.55 Å². The minimum atomic E-state index is -0.825. The van der Waals surface area contributed by atoms with Crippen LogP contribution in [0.1, 0.15) is 25.8 Å². The number of carbonyl (C=O) groups is 1. The van der Waals surface area contributed by atoms with Gasteiger partial charge in [0.05, 0.1) is 16.8 Å². The molecule has 0 amide bonds. The summed E-state index contributed by atoms with van der Waals surface area (Å²) in [4.78, 5) is 15.3. The second-order valence-electron chi connectivity index (χ2n) is 5.31. The van der Waals surface area contributed by atoms with Crippen LogP contribution in [0.5, 0.6) is 0 Å². The van der Waals surface area contributed by atoms with E-state index in [1.807, 2.05) is 18.2 Å². The van der Waals surface area contributed by atoms with Crippen molar-refractivity contribution in [3.05, 3.63) is 23.2 Å². The minimum Gasteiger partial charge on any atom is -0.481 e. The third-order valence-corrected chi connectivity index (χ3v) is 4.83. The standard InChI is InChI=1S/C14H15ClN2O2S/c1-8-4-10(5-8)17-12-3-2-9(15)6-11(12)16-14(17)20-7-13(18)19/h2-3,6,8,10H,4-5,7H2,1H3,(H,18,19). The maximum absolute atomic E-state index is 10.8. The fourth-order valence-electron chi connectivity index (χ4n) is 2.70. The lowest BCUT2D eigenvalue weighted by Crippen LogP contribution is -2.25. The first-order chi connectivity index (χ1) is 9.54. The lowest BCUT2D eigenvalue weighted by atomic mass is 9.81. The molecule has 0 atom stereocenters. The number of halogens is 1. The molecule has 6 heteroatoms. The summed E-state index contributed by atoms with van der Waals surface area (Å²) in [5.41, 5.74) is 1.88. The molecule has 0 saturated heterocycles. The minimum absolute atomic E-state index is 0.0271. The smallest absolute Gasteiger partial charge is 0.313 e. The van der Waals surface area contributed by atoms with Gasteiger partial charge in [-0.05, 0) is 37.0 Å². The van der Waals surface area contributed by atoms with Crippen LogP contribution in [0.2, 0.25) is 5.02 Å². The molecule has 1 fully saturated rings. The van der Waals surface area contributed by atoms with Gasteiger partial charge in [0.15, 0.2) is 5.16 Å². The molecule has 0 radical (unpaired) electrons. The SMILES string of the molecule is CC1CC(n2c(SCC(=O)O)nc3cc(Cl)ccc32)C1. The second-order valence-corrected chi connectivity index (χ2v) is 6.69. The van der Waals surface area contributed by atoms with Crippen molar-refractivity contribution >= 4 is 40.4 Å². The highest BCUT2D eigenvalue weighted by atomic mass is 35.5. The highest BCUT2D eigenvalue weighted by Crippen LogP contribution is 2.42. The molecule has 0 unspecified atom stereocenters. The molecule has 2 aromatic rings. The molecule has 3 rings (SSSR count). The van der Waals surface area contributed by atoms with Crippen molar-refractivity contribution in [2.24, 2.45) is 5.92 Å². The Morgan fingerprint density at radius 3 is 2.95 bits per heavy atom. The number of carboxylic acids is 1. The molecule has 1 heterocycles. The molecule has 0 spiro atoms. The first-order valence-electron chi connectivity index (χ1n) is 6.56. The summed E-state index contributed by atoms with van der Waals surface area (Å²) in [6.07, 6.45) is 2.24. The van der Waals surface area contributed by atoms with E-state index in [-0.39, 0.29) is 5.75 Å². The Bertz CT molecular complexity index is 664. The van der Waals surface area contributed by atoms with Crippen LogP contribution in [-0.4, -0.2) is 26.4 Å². The average molecular weight is 311 g/mol. The molecule has 0 bridgehead atoms. The Morgan fingerprint density at radius 2 is 2.30 bits per heavy atom. The van der Waals surface area contributed by atoms with E-state index in [2.05, 4.69) is 16.5 Å². The maximum Gasteiger partial charge on any atom is 0.313 e. The zero-order chi connectivity index (χ0) is 14.3. The van der Waals surface area contributed by atoms with Gasteiger partial charge in [-0.25, -0.2) is 4.98 Å². The van der Waals surface area contributed by atoms with Gasteiger partial charge in [0.1, 0.15) is 0 Å². The Hall–Kier alpha value is -1.20. The van der Waals surface area contributed by atoms with Crippen molar-refractivity contribution in [2.75, 3.05) is 5.75 Å². The van der Waals surface area contributed by atoms with Crippen LogP contribution in [0.4, 0.5) is 0 Å². The van der Waals surface area contributed by atoms with E-state index in [4.69, 9.17) is 16.7 Å². The monoisotopic (exact) mass is 310 g/mol. The number of imidazole rings is 1. The van der Waals surface area contributed by atoms with Crippen molar-refractivity contribution in [3.63, 3.8) is 0 Å². The summed E-state index contributed by atoms with van der Waals surface area (Å²) in [7, 11) is 0. The number of hydrogen-bond donors (Lipinski definition) is 1. The zero-order valence-electron chi connectivity index (χ0n) is 11.0.